The Kier molecular flexibility index (Phi) is 4.31. The van der Waals surface area contributed by atoms with Crippen LogP contribution < -0.4 is 4.90 Å². The second kappa shape index (κ2) is 6.92. The number of hydrogen-bond acceptors (Lipinski definition) is 5. The molecule has 0 saturated carbocycles. The Labute approximate surface area is 151 Å². The summed E-state index contributed by atoms with van der Waals surface area (Å²) in [6.07, 6.45) is 3.04. The summed E-state index contributed by atoms with van der Waals surface area (Å²) >= 11 is 0. The van der Waals surface area contributed by atoms with Gasteiger partial charge < -0.3 is 19.3 Å². The zero-order valence-electron chi connectivity index (χ0n) is 14.2. The molecule has 1 aliphatic heterocycles. The van der Waals surface area contributed by atoms with E-state index < -0.39 is 0 Å². The van der Waals surface area contributed by atoms with E-state index in [-0.39, 0.29) is 11.7 Å². The van der Waals surface area contributed by atoms with E-state index in [2.05, 4.69) is 9.88 Å². The predicted molar refractivity (Wildman–Crippen MR) is 98.2 cm³/mol. The first-order valence-electron chi connectivity index (χ1n) is 8.53. The van der Waals surface area contributed by atoms with Gasteiger partial charge in [-0.1, -0.05) is 18.2 Å². The van der Waals surface area contributed by atoms with Gasteiger partial charge in [-0.25, -0.2) is 4.98 Å². The Morgan fingerprint density at radius 2 is 1.81 bits per heavy atom. The van der Waals surface area contributed by atoms with Crippen LogP contribution in [0.25, 0.3) is 11.3 Å². The van der Waals surface area contributed by atoms with Gasteiger partial charge in [0.2, 0.25) is 0 Å². The average molecular weight is 349 g/mol. The standard InChI is InChI=1S/C20H19N3O3/c24-18-3-1-2-17(12-18)22-8-10-23(11-9-22)20(25)16-6-4-15(5-7-16)19-13-21-14-26-19/h1-7,12-14,24H,8-11H2. The number of oxazole rings is 1. The maximum absolute atomic E-state index is 12.7. The molecule has 0 aliphatic carbocycles. The molecule has 2 heterocycles. The van der Waals surface area contributed by atoms with Crippen LogP contribution in [0.4, 0.5) is 5.69 Å². The van der Waals surface area contributed by atoms with Crippen LogP contribution in [0.2, 0.25) is 0 Å². The zero-order chi connectivity index (χ0) is 17.9. The van der Waals surface area contributed by atoms with Crippen molar-refractivity contribution in [2.75, 3.05) is 31.1 Å². The number of carbonyl (C=O) groups excluding carboxylic acids is 1. The van der Waals surface area contributed by atoms with E-state index in [0.29, 0.717) is 24.4 Å². The Morgan fingerprint density at radius 3 is 2.46 bits per heavy atom. The van der Waals surface area contributed by atoms with E-state index in [1.54, 1.807) is 18.3 Å². The van der Waals surface area contributed by atoms with Crippen LogP contribution in [0, 0.1) is 0 Å². The lowest BCUT2D eigenvalue weighted by Crippen LogP contribution is -2.48. The normalized spacial score (nSPS) is 14.5. The Hall–Kier alpha value is -3.28. The fraction of sp³-hybridized carbons (Fsp3) is 0.200. The lowest BCUT2D eigenvalue weighted by Gasteiger charge is -2.36. The number of rotatable bonds is 3. The van der Waals surface area contributed by atoms with Crippen LogP contribution in [-0.2, 0) is 0 Å². The molecule has 3 aromatic rings. The molecular weight excluding hydrogens is 330 g/mol. The molecule has 1 aliphatic rings. The summed E-state index contributed by atoms with van der Waals surface area (Å²) in [5.41, 5.74) is 2.54. The molecular formula is C20H19N3O3. The van der Waals surface area contributed by atoms with E-state index >= 15 is 0 Å². The summed E-state index contributed by atoms with van der Waals surface area (Å²) < 4.78 is 5.27. The number of nitrogens with zero attached hydrogens (tertiary/aromatic N) is 3. The number of phenols is 1. The molecule has 1 aromatic heterocycles. The van der Waals surface area contributed by atoms with Crippen LogP contribution in [-0.4, -0.2) is 47.1 Å². The number of amides is 1. The van der Waals surface area contributed by atoms with Crippen molar-refractivity contribution in [1.29, 1.82) is 0 Å². The Bertz CT molecular complexity index is 883. The van der Waals surface area contributed by atoms with Gasteiger partial charge in [0.05, 0.1) is 6.20 Å². The molecule has 0 radical (unpaired) electrons. The minimum atomic E-state index is 0.0321. The van der Waals surface area contributed by atoms with Crippen LogP contribution in [0.15, 0.2) is 65.5 Å². The van der Waals surface area contributed by atoms with Gasteiger partial charge in [0.15, 0.2) is 12.2 Å². The van der Waals surface area contributed by atoms with Gasteiger partial charge in [0.1, 0.15) is 5.75 Å². The number of aromatic nitrogens is 1. The maximum Gasteiger partial charge on any atom is 0.253 e. The average Bonchev–Trinajstić information content (AvgIpc) is 3.23. The molecule has 0 spiro atoms. The molecule has 0 bridgehead atoms. The molecule has 6 heteroatoms. The first-order chi connectivity index (χ1) is 12.7. The second-order valence-electron chi connectivity index (χ2n) is 6.24. The van der Waals surface area contributed by atoms with Crippen molar-refractivity contribution in [3.8, 4) is 17.1 Å². The van der Waals surface area contributed by atoms with Crippen LogP contribution in [0.5, 0.6) is 5.75 Å². The number of piperazine rings is 1. The minimum absolute atomic E-state index is 0.0321. The van der Waals surface area contributed by atoms with Gasteiger partial charge in [0.25, 0.3) is 5.91 Å². The summed E-state index contributed by atoms with van der Waals surface area (Å²) in [6.45, 7) is 2.79. The van der Waals surface area contributed by atoms with E-state index in [1.165, 1.54) is 6.39 Å². The van der Waals surface area contributed by atoms with Crippen molar-refractivity contribution >= 4 is 11.6 Å². The lowest BCUT2D eigenvalue weighted by molar-refractivity contribution is 0.0747. The van der Waals surface area contributed by atoms with Gasteiger partial charge in [0, 0.05) is 49.1 Å². The third kappa shape index (κ3) is 3.26. The summed E-state index contributed by atoms with van der Waals surface area (Å²) in [5.74, 6) is 0.973. The topological polar surface area (TPSA) is 69.8 Å². The highest BCUT2D eigenvalue weighted by Crippen LogP contribution is 2.23. The highest BCUT2D eigenvalue weighted by Gasteiger charge is 2.22. The molecule has 1 saturated heterocycles. The van der Waals surface area contributed by atoms with Gasteiger partial charge in [-0.05, 0) is 24.3 Å². The number of benzene rings is 2. The molecule has 1 fully saturated rings. The number of aromatic hydroxyl groups is 1. The monoisotopic (exact) mass is 349 g/mol. The van der Waals surface area contributed by atoms with Gasteiger partial charge >= 0.3 is 0 Å². The minimum Gasteiger partial charge on any atom is -0.508 e. The fourth-order valence-electron chi connectivity index (χ4n) is 3.18. The zero-order valence-corrected chi connectivity index (χ0v) is 14.2. The second-order valence-corrected chi connectivity index (χ2v) is 6.24. The summed E-state index contributed by atoms with van der Waals surface area (Å²) in [4.78, 5) is 20.7. The summed E-state index contributed by atoms with van der Waals surface area (Å²) in [5, 5.41) is 9.62. The van der Waals surface area contributed by atoms with Crippen molar-refractivity contribution in [1.82, 2.24) is 9.88 Å². The molecule has 4 rings (SSSR count). The fourth-order valence-corrected chi connectivity index (χ4v) is 3.18. The Balaban J connectivity index is 1.40. The number of phenolic OH excluding ortho intramolecular Hbond substituents is 1. The summed E-state index contributed by atoms with van der Waals surface area (Å²) in [6, 6.07) is 14.6. The molecule has 26 heavy (non-hydrogen) atoms. The van der Waals surface area contributed by atoms with Crippen molar-refractivity contribution in [2.24, 2.45) is 0 Å². The Morgan fingerprint density at radius 1 is 1.04 bits per heavy atom. The quantitative estimate of drug-likeness (QED) is 0.787. The first kappa shape index (κ1) is 16.2. The van der Waals surface area contributed by atoms with Crippen LogP contribution in [0.1, 0.15) is 10.4 Å². The third-order valence-corrected chi connectivity index (χ3v) is 4.61. The predicted octanol–water partition coefficient (Wildman–Crippen LogP) is 3.01. The molecule has 132 valence electrons. The lowest BCUT2D eigenvalue weighted by atomic mass is 10.1. The van der Waals surface area contributed by atoms with Gasteiger partial charge in [-0.3, -0.25) is 4.79 Å². The van der Waals surface area contributed by atoms with Gasteiger partial charge in [-0.2, -0.15) is 0 Å². The van der Waals surface area contributed by atoms with E-state index in [4.69, 9.17) is 4.42 Å². The van der Waals surface area contributed by atoms with Crippen molar-refractivity contribution in [3.05, 3.63) is 66.7 Å². The van der Waals surface area contributed by atoms with Crippen LogP contribution in [0.3, 0.4) is 0 Å². The first-order valence-corrected chi connectivity index (χ1v) is 8.53. The number of hydrogen-bond donors (Lipinski definition) is 1. The third-order valence-electron chi connectivity index (χ3n) is 4.61. The van der Waals surface area contributed by atoms with E-state index in [9.17, 15) is 9.90 Å². The molecule has 1 N–H and O–H groups in total. The van der Waals surface area contributed by atoms with E-state index in [0.717, 1.165) is 24.3 Å². The van der Waals surface area contributed by atoms with Crippen molar-refractivity contribution in [3.63, 3.8) is 0 Å². The molecule has 1 amide bonds. The van der Waals surface area contributed by atoms with Crippen LogP contribution >= 0.6 is 0 Å². The molecule has 6 nitrogen and oxygen atoms in total. The summed E-state index contributed by atoms with van der Waals surface area (Å²) in [7, 11) is 0. The van der Waals surface area contributed by atoms with Crippen molar-refractivity contribution < 1.29 is 14.3 Å². The SMILES string of the molecule is O=C(c1ccc(-c2cnco2)cc1)N1CCN(c2cccc(O)c2)CC1. The molecule has 2 aromatic carbocycles. The van der Waals surface area contributed by atoms with Gasteiger partial charge in [-0.15, -0.1) is 0 Å². The van der Waals surface area contributed by atoms with E-state index in [1.807, 2.05) is 41.3 Å². The number of anilines is 1. The molecule has 0 atom stereocenters. The highest BCUT2D eigenvalue weighted by atomic mass is 16.3. The largest absolute Gasteiger partial charge is 0.508 e. The smallest absolute Gasteiger partial charge is 0.253 e. The number of carbonyl (C=O) groups is 1. The molecule has 0 unspecified atom stereocenters. The van der Waals surface area contributed by atoms with Crippen molar-refractivity contribution in [2.45, 2.75) is 0 Å². The highest BCUT2D eigenvalue weighted by molar-refractivity contribution is 5.94. The maximum atomic E-state index is 12.7.